The van der Waals surface area contributed by atoms with Gasteiger partial charge in [-0.3, -0.25) is 0 Å². The van der Waals surface area contributed by atoms with E-state index >= 15 is 0 Å². The Labute approximate surface area is 114 Å². The zero-order valence-corrected chi connectivity index (χ0v) is 12.0. The van der Waals surface area contributed by atoms with Crippen molar-refractivity contribution in [2.45, 2.75) is 45.1 Å². The van der Waals surface area contributed by atoms with Gasteiger partial charge in [0.1, 0.15) is 0 Å². The Morgan fingerprint density at radius 3 is 2.78 bits per heavy atom. The van der Waals surface area contributed by atoms with Crippen molar-refractivity contribution in [2.75, 3.05) is 13.2 Å². The molecule has 2 aliphatic rings. The lowest BCUT2D eigenvalue weighted by Gasteiger charge is -2.32. The molecule has 0 radical (unpaired) electrons. The molecule has 1 saturated heterocycles. The van der Waals surface area contributed by atoms with E-state index in [-0.39, 0.29) is 5.41 Å². The minimum Gasteiger partial charge on any atom is -0.377 e. The summed E-state index contributed by atoms with van der Waals surface area (Å²) < 4.78 is 6.01. The standard InChI is InChI=1S/C15H23NOS/c1-2-12-5-6-13(18-12)9-15(10-16)7-8-17-14(15)11-3-4-11/h5-6,11,14H,2-4,7-10,16H2,1H3. The van der Waals surface area contributed by atoms with Crippen LogP contribution in [0.15, 0.2) is 12.1 Å². The monoisotopic (exact) mass is 265 g/mol. The largest absolute Gasteiger partial charge is 0.377 e. The number of hydrogen-bond donors (Lipinski definition) is 1. The first-order valence-electron chi connectivity index (χ1n) is 7.16. The molecule has 0 amide bonds. The van der Waals surface area contributed by atoms with Gasteiger partial charge in [-0.25, -0.2) is 0 Å². The molecule has 2 fully saturated rings. The van der Waals surface area contributed by atoms with E-state index in [0.29, 0.717) is 6.10 Å². The summed E-state index contributed by atoms with van der Waals surface area (Å²) in [4.78, 5) is 2.98. The van der Waals surface area contributed by atoms with E-state index < -0.39 is 0 Å². The molecule has 2 atom stereocenters. The second-order valence-electron chi connectivity index (χ2n) is 5.84. The highest BCUT2D eigenvalue weighted by Crippen LogP contribution is 2.49. The fraction of sp³-hybridized carbons (Fsp3) is 0.733. The normalized spacial score (nSPS) is 32.0. The van der Waals surface area contributed by atoms with E-state index in [1.165, 1.54) is 22.6 Å². The van der Waals surface area contributed by atoms with Crippen molar-refractivity contribution in [1.82, 2.24) is 0 Å². The summed E-state index contributed by atoms with van der Waals surface area (Å²) in [6.07, 6.45) is 6.52. The van der Waals surface area contributed by atoms with E-state index in [0.717, 1.165) is 38.3 Å². The predicted molar refractivity (Wildman–Crippen MR) is 76.0 cm³/mol. The molecule has 2 heterocycles. The van der Waals surface area contributed by atoms with Crippen LogP contribution in [0.25, 0.3) is 0 Å². The third kappa shape index (κ3) is 2.24. The smallest absolute Gasteiger partial charge is 0.0675 e. The Morgan fingerprint density at radius 2 is 2.17 bits per heavy atom. The number of rotatable bonds is 5. The molecule has 1 aromatic rings. The van der Waals surface area contributed by atoms with Gasteiger partial charge in [0.2, 0.25) is 0 Å². The average Bonchev–Trinajstić information content (AvgIpc) is 2.99. The highest BCUT2D eigenvalue weighted by molar-refractivity contribution is 7.11. The number of thiophene rings is 1. The van der Waals surface area contributed by atoms with Crippen LogP contribution in [0.4, 0.5) is 0 Å². The third-order valence-electron chi connectivity index (χ3n) is 4.55. The fourth-order valence-corrected chi connectivity index (χ4v) is 4.39. The van der Waals surface area contributed by atoms with E-state index in [1.54, 1.807) is 0 Å². The molecule has 1 saturated carbocycles. The molecule has 1 aliphatic carbocycles. The van der Waals surface area contributed by atoms with Crippen molar-refractivity contribution in [3.63, 3.8) is 0 Å². The van der Waals surface area contributed by atoms with Crippen LogP contribution in [0.1, 0.15) is 35.9 Å². The van der Waals surface area contributed by atoms with Gasteiger partial charge >= 0.3 is 0 Å². The summed E-state index contributed by atoms with van der Waals surface area (Å²) in [7, 11) is 0. The van der Waals surface area contributed by atoms with Crippen LogP contribution >= 0.6 is 11.3 Å². The van der Waals surface area contributed by atoms with E-state index in [2.05, 4.69) is 19.1 Å². The third-order valence-corrected chi connectivity index (χ3v) is 5.78. The van der Waals surface area contributed by atoms with Gasteiger partial charge in [0.05, 0.1) is 6.10 Å². The molecule has 3 heteroatoms. The van der Waals surface area contributed by atoms with Gasteiger partial charge in [0.25, 0.3) is 0 Å². The SMILES string of the molecule is CCc1ccc(CC2(CN)CCOC2C2CC2)s1. The molecule has 2 unspecified atom stereocenters. The number of aryl methyl sites for hydroxylation is 1. The maximum absolute atomic E-state index is 6.14. The maximum Gasteiger partial charge on any atom is 0.0675 e. The van der Waals surface area contributed by atoms with Crippen LogP contribution < -0.4 is 5.73 Å². The Balaban J connectivity index is 1.78. The molecule has 1 aliphatic heterocycles. The van der Waals surface area contributed by atoms with Crippen LogP contribution in [0, 0.1) is 11.3 Å². The minimum atomic E-state index is 0.219. The molecule has 0 aromatic carbocycles. The zero-order valence-electron chi connectivity index (χ0n) is 11.2. The summed E-state index contributed by atoms with van der Waals surface area (Å²) in [6.45, 7) is 3.90. The second kappa shape index (κ2) is 4.95. The summed E-state index contributed by atoms with van der Waals surface area (Å²) in [5.74, 6) is 0.793. The highest BCUT2D eigenvalue weighted by atomic mass is 32.1. The predicted octanol–water partition coefficient (Wildman–Crippen LogP) is 3.00. The molecule has 0 bridgehead atoms. The van der Waals surface area contributed by atoms with Gasteiger partial charge in [0.15, 0.2) is 0 Å². The Hall–Kier alpha value is -0.380. The molecule has 1 aromatic heterocycles. The van der Waals surface area contributed by atoms with Crippen molar-refractivity contribution in [1.29, 1.82) is 0 Å². The van der Waals surface area contributed by atoms with Crippen LogP contribution in [0.5, 0.6) is 0 Å². The summed E-state index contributed by atoms with van der Waals surface area (Å²) in [6, 6.07) is 4.56. The molecular weight excluding hydrogens is 242 g/mol. The average molecular weight is 265 g/mol. The number of hydrogen-bond acceptors (Lipinski definition) is 3. The van der Waals surface area contributed by atoms with E-state index in [4.69, 9.17) is 10.5 Å². The van der Waals surface area contributed by atoms with E-state index in [9.17, 15) is 0 Å². The summed E-state index contributed by atoms with van der Waals surface area (Å²) in [5, 5.41) is 0. The molecule has 3 rings (SSSR count). The van der Waals surface area contributed by atoms with E-state index in [1.807, 2.05) is 11.3 Å². The second-order valence-corrected chi connectivity index (χ2v) is 7.10. The van der Waals surface area contributed by atoms with Crippen molar-refractivity contribution in [3.05, 3.63) is 21.9 Å². The first kappa shape index (κ1) is 12.6. The van der Waals surface area contributed by atoms with Crippen LogP contribution in [0.2, 0.25) is 0 Å². The molecule has 18 heavy (non-hydrogen) atoms. The first-order valence-corrected chi connectivity index (χ1v) is 7.98. The fourth-order valence-electron chi connectivity index (χ4n) is 3.28. The highest BCUT2D eigenvalue weighted by Gasteiger charge is 2.50. The topological polar surface area (TPSA) is 35.2 Å². The first-order chi connectivity index (χ1) is 8.77. The van der Waals surface area contributed by atoms with Crippen LogP contribution in [-0.4, -0.2) is 19.3 Å². The number of ether oxygens (including phenoxy) is 1. The Bertz CT molecular complexity index is 412. The minimum absolute atomic E-state index is 0.219. The maximum atomic E-state index is 6.14. The summed E-state index contributed by atoms with van der Waals surface area (Å²) >= 11 is 1.96. The molecule has 100 valence electrons. The Morgan fingerprint density at radius 1 is 1.39 bits per heavy atom. The van der Waals surface area contributed by atoms with Gasteiger partial charge in [-0.1, -0.05) is 6.92 Å². The quantitative estimate of drug-likeness (QED) is 0.888. The van der Waals surface area contributed by atoms with Crippen molar-refractivity contribution < 1.29 is 4.74 Å². The molecule has 0 spiro atoms. The lowest BCUT2D eigenvalue weighted by molar-refractivity contribution is 0.0348. The molecule has 2 nitrogen and oxygen atoms in total. The van der Waals surface area contributed by atoms with Gasteiger partial charge < -0.3 is 10.5 Å². The van der Waals surface area contributed by atoms with Gasteiger partial charge in [-0.15, -0.1) is 11.3 Å². The van der Waals surface area contributed by atoms with Gasteiger partial charge in [-0.2, -0.15) is 0 Å². The molecular formula is C15H23NOS. The Kier molecular flexibility index (Phi) is 3.48. The van der Waals surface area contributed by atoms with Gasteiger partial charge in [-0.05, 0) is 50.2 Å². The van der Waals surface area contributed by atoms with Crippen molar-refractivity contribution in [3.8, 4) is 0 Å². The van der Waals surface area contributed by atoms with Crippen LogP contribution in [0.3, 0.4) is 0 Å². The van der Waals surface area contributed by atoms with Crippen LogP contribution in [-0.2, 0) is 17.6 Å². The molecule has 2 N–H and O–H groups in total. The van der Waals surface area contributed by atoms with Crippen molar-refractivity contribution >= 4 is 11.3 Å². The zero-order chi connectivity index (χ0) is 12.6. The lowest BCUT2D eigenvalue weighted by atomic mass is 9.76. The lowest BCUT2D eigenvalue weighted by Crippen LogP contribution is -2.41. The summed E-state index contributed by atoms with van der Waals surface area (Å²) in [5.41, 5.74) is 6.36. The van der Waals surface area contributed by atoms with Crippen molar-refractivity contribution in [2.24, 2.45) is 17.1 Å². The number of nitrogens with two attached hydrogens (primary N) is 1. The van der Waals surface area contributed by atoms with Gasteiger partial charge in [0, 0.05) is 28.3 Å².